The molecular weight excluding hydrogens is 294 g/mol. The first-order valence-electron chi connectivity index (χ1n) is 5.67. The first-order valence-corrected chi connectivity index (χ1v) is 6.46. The molecule has 0 heterocycles. The fourth-order valence-corrected chi connectivity index (χ4v) is 2.11. The van der Waals surface area contributed by atoms with Gasteiger partial charge in [0.15, 0.2) is 0 Å². The molecule has 0 atom stereocenters. The van der Waals surface area contributed by atoms with Crippen LogP contribution in [0.1, 0.15) is 19.4 Å². The van der Waals surface area contributed by atoms with Crippen LogP contribution in [0.4, 0.5) is 5.69 Å². The summed E-state index contributed by atoms with van der Waals surface area (Å²) >= 11 is 3.33. The molecule has 1 aromatic carbocycles. The van der Waals surface area contributed by atoms with Crippen LogP contribution in [0.3, 0.4) is 0 Å². The van der Waals surface area contributed by atoms with E-state index in [2.05, 4.69) is 35.8 Å². The van der Waals surface area contributed by atoms with Crippen LogP contribution >= 0.6 is 15.9 Å². The minimum absolute atomic E-state index is 0.120. The third-order valence-electron chi connectivity index (χ3n) is 2.35. The largest absolute Gasteiger partial charge is 0.368 e. The Morgan fingerprint density at radius 1 is 1.56 bits per heavy atom. The van der Waals surface area contributed by atoms with Crippen molar-refractivity contribution in [2.45, 2.75) is 13.8 Å². The van der Waals surface area contributed by atoms with Crippen molar-refractivity contribution in [3.8, 4) is 6.07 Å². The number of hydrogen-bond acceptors (Lipinski definition) is 3. The molecule has 5 heteroatoms. The molecular formula is C13H16BrN3O. The van der Waals surface area contributed by atoms with Crippen molar-refractivity contribution in [3.63, 3.8) is 0 Å². The van der Waals surface area contributed by atoms with Gasteiger partial charge in [0, 0.05) is 11.0 Å². The molecule has 0 aliphatic heterocycles. The molecule has 0 saturated heterocycles. The second kappa shape index (κ2) is 6.41. The van der Waals surface area contributed by atoms with Gasteiger partial charge in [-0.05, 0) is 24.1 Å². The summed E-state index contributed by atoms with van der Waals surface area (Å²) in [4.78, 5) is 13.0. The first kappa shape index (κ1) is 14.5. The summed E-state index contributed by atoms with van der Waals surface area (Å²) < 4.78 is 0.839. The van der Waals surface area contributed by atoms with Gasteiger partial charge in [-0.25, -0.2) is 0 Å². The summed E-state index contributed by atoms with van der Waals surface area (Å²) in [5, 5.41) is 9.15. The maximum absolute atomic E-state index is 11.1. The Kier molecular flexibility index (Phi) is 5.17. The molecule has 18 heavy (non-hydrogen) atoms. The van der Waals surface area contributed by atoms with Crippen LogP contribution in [0.25, 0.3) is 0 Å². The number of rotatable bonds is 5. The third kappa shape index (κ3) is 4.04. The van der Waals surface area contributed by atoms with E-state index in [1.165, 1.54) is 0 Å². The predicted molar refractivity (Wildman–Crippen MR) is 75.1 cm³/mol. The Labute approximate surface area is 116 Å². The van der Waals surface area contributed by atoms with Crippen molar-refractivity contribution >= 4 is 27.5 Å². The standard InChI is InChI=1S/C13H16BrN3O/c1-9(2)7-17(8-13(16)18)12-4-3-11(14)5-10(12)6-15/h3-5,9H,7-8H2,1-2H3,(H2,16,18). The van der Waals surface area contributed by atoms with Gasteiger partial charge < -0.3 is 10.6 Å². The van der Waals surface area contributed by atoms with E-state index >= 15 is 0 Å². The number of hydrogen-bond donors (Lipinski definition) is 1. The summed E-state index contributed by atoms with van der Waals surface area (Å²) in [6.45, 7) is 4.91. The van der Waals surface area contributed by atoms with Crippen molar-refractivity contribution in [1.29, 1.82) is 5.26 Å². The van der Waals surface area contributed by atoms with E-state index in [1.807, 2.05) is 17.0 Å². The number of carbonyl (C=O) groups is 1. The first-order chi connectivity index (χ1) is 8.43. The Bertz CT molecular complexity index is 480. The van der Waals surface area contributed by atoms with Gasteiger partial charge in [0.1, 0.15) is 6.07 Å². The molecule has 1 amide bonds. The number of nitriles is 1. The Morgan fingerprint density at radius 2 is 2.22 bits per heavy atom. The molecule has 0 unspecified atom stereocenters. The highest BCUT2D eigenvalue weighted by Crippen LogP contribution is 2.24. The van der Waals surface area contributed by atoms with Gasteiger partial charge in [-0.15, -0.1) is 0 Å². The van der Waals surface area contributed by atoms with Crippen LogP contribution < -0.4 is 10.6 Å². The molecule has 0 saturated carbocycles. The number of benzene rings is 1. The fraction of sp³-hybridized carbons (Fsp3) is 0.385. The van der Waals surface area contributed by atoms with Crippen molar-refractivity contribution < 1.29 is 4.79 Å². The average Bonchev–Trinajstić information content (AvgIpc) is 2.26. The van der Waals surface area contributed by atoms with Gasteiger partial charge in [0.05, 0.1) is 17.8 Å². The second-order valence-electron chi connectivity index (χ2n) is 4.51. The maximum atomic E-state index is 11.1. The number of nitrogens with two attached hydrogens (primary N) is 1. The fourth-order valence-electron chi connectivity index (χ4n) is 1.75. The molecule has 0 bridgehead atoms. The van der Waals surface area contributed by atoms with Gasteiger partial charge in [0.2, 0.25) is 5.91 Å². The van der Waals surface area contributed by atoms with Crippen molar-refractivity contribution in [3.05, 3.63) is 28.2 Å². The van der Waals surface area contributed by atoms with Crippen LogP contribution in [-0.4, -0.2) is 19.0 Å². The van der Waals surface area contributed by atoms with Crippen molar-refractivity contribution in [2.75, 3.05) is 18.0 Å². The van der Waals surface area contributed by atoms with Crippen molar-refractivity contribution in [2.24, 2.45) is 11.7 Å². The zero-order valence-electron chi connectivity index (χ0n) is 10.5. The van der Waals surface area contributed by atoms with Crippen LogP contribution in [0.2, 0.25) is 0 Å². The van der Waals surface area contributed by atoms with E-state index in [-0.39, 0.29) is 6.54 Å². The molecule has 2 N–H and O–H groups in total. The monoisotopic (exact) mass is 309 g/mol. The second-order valence-corrected chi connectivity index (χ2v) is 5.43. The van der Waals surface area contributed by atoms with E-state index in [0.717, 1.165) is 10.2 Å². The Hall–Kier alpha value is -1.54. The van der Waals surface area contributed by atoms with Crippen LogP contribution in [0, 0.1) is 17.2 Å². The lowest BCUT2D eigenvalue weighted by atomic mass is 10.1. The lowest BCUT2D eigenvalue weighted by Gasteiger charge is -2.26. The Morgan fingerprint density at radius 3 is 2.72 bits per heavy atom. The van der Waals surface area contributed by atoms with Gasteiger partial charge in [0.25, 0.3) is 0 Å². The molecule has 0 radical (unpaired) electrons. The molecule has 0 spiro atoms. The normalized spacial score (nSPS) is 10.2. The van der Waals surface area contributed by atoms with Gasteiger partial charge in [-0.1, -0.05) is 29.8 Å². The molecule has 0 aliphatic carbocycles. The molecule has 1 aromatic rings. The van der Waals surface area contributed by atoms with E-state index in [1.54, 1.807) is 6.07 Å². The summed E-state index contributed by atoms with van der Waals surface area (Å²) in [6, 6.07) is 7.56. The quantitative estimate of drug-likeness (QED) is 0.907. The van der Waals surface area contributed by atoms with Gasteiger partial charge in [-0.2, -0.15) is 5.26 Å². The number of carbonyl (C=O) groups excluding carboxylic acids is 1. The third-order valence-corrected chi connectivity index (χ3v) is 2.85. The number of primary amides is 1. The van der Waals surface area contributed by atoms with E-state index in [4.69, 9.17) is 11.0 Å². The number of anilines is 1. The maximum Gasteiger partial charge on any atom is 0.236 e. The highest BCUT2D eigenvalue weighted by Gasteiger charge is 2.15. The number of amides is 1. The minimum atomic E-state index is -0.401. The highest BCUT2D eigenvalue weighted by molar-refractivity contribution is 9.10. The minimum Gasteiger partial charge on any atom is -0.368 e. The summed E-state index contributed by atoms with van der Waals surface area (Å²) in [5.41, 5.74) is 6.53. The summed E-state index contributed by atoms with van der Waals surface area (Å²) in [6.07, 6.45) is 0. The topological polar surface area (TPSA) is 70.1 Å². The average molecular weight is 310 g/mol. The molecule has 96 valence electrons. The summed E-state index contributed by atoms with van der Waals surface area (Å²) in [5.74, 6) is -0.0259. The van der Waals surface area contributed by atoms with Crippen molar-refractivity contribution in [1.82, 2.24) is 0 Å². The van der Waals surface area contributed by atoms with Gasteiger partial charge >= 0.3 is 0 Å². The molecule has 4 nitrogen and oxygen atoms in total. The number of halogens is 1. The van der Waals surface area contributed by atoms with Crippen LogP contribution in [0.5, 0.6) is 0 Å². The predicted octanol–water partition coefficient (Wildman–Crippen LogP) is 2.27. The lowest BCUT2D eigenvalue weighted by Crippen LogP contribution is -2.36. The highest BCUT2D eigenvalue weighted by atomic mass is 79.9. The SMILES string of the molecule is CC(C)CN(CC(N)=O)c1ccc(Br)cc1C#N. The van der Waals surface area contributed by atoms with E-state index in [0.29, 0.717) is 18.0 Å². The lowest BCUT2D eigenvalue weighted by molar-refractivity contribution is -0.116. The Balaban J connectivity index is 3.12. The van der Waals surface area contributed by atoms with Gasteiger partial charge in [-0.3, -0.25) is 4.79 Å². The summed E-state index contributed by atoms with van der Waals surface area (Å²) in [7, 11) is 0. The molecule has 1 rings (SSSR count). The molecule has 0 aromatic heterocycles. The molecule has 0 fully saturated rings. The zero-order valence-corrected chi connectivity index (χ0v) is 12.1. The number of nitrogens with zero attached hydrogens (tertiary/aromatic N) is 2. The van der Waals surface area contributed by atoms with E-state index < -0.39 is 5.91 Å². The van der Waals surface area contributed by atoms with Crippen LogP contribution in [0.15, 0.2) is 22.7 Å². The zero-order chi connectivity index (χ0) is 13.7. The van der Waals surface area contributed by atoms with Crippen LogP contribution in [-0.2, 0) is 4.79 Å². The van der Waals surface area contributed by atoms with E-state index in [9.17, 15) is 4.79 Å². The smallest absolute Gasteiger partial charge is 0.236 e. The molecule has 0 aliphatic rings.